The summed E-state index contributed by atoms with van der Waals surface area (Å²) >= 11 is 0. The summed E-state index contributed by atoms with van der Waals surface area (Å²) in [4.78, 5) is 17.9. The van der Waals surface area contributed by atoms with Gasteiger partial charge in [-0.2, -0.15) is 0 Å². The van der Waals surface area contributed by atoms with Gasteiger partial charge < -0.3 is 14.6 Å². The number of aryl methyl sites for hydroxylation is 1. The zero-order valence-corrected chi connectivity index (χ0v) is 14.4. The number of hydrogen-bond acceptors (Lipinski definition) is 3. The van der Waals surface area contributed by atoms with Crippen molar-refractivity contribution in [3.8, 4) is 5.75 Å². The second-order valence-electron chi connectivity index (χ2n) is 7.06. The Labute approximate surface area is 132 Å². The number of Topliss-reactive ketones (excluding diaryl/α,β-unsaturated/α-hetero) is 1. The number of nitrogens with one attached hydrogen (secondary N) is 1. The number of hydrogen-bond donors (Lipinski definition) is 1. The summed E-state index contributed by atoms with van der Waals surface area (Å²) in [5, 5.41) is 1.05. The normalized spacial score (nSPS) is 12.1. The van der Waals surface area contributed by atoms with Crippen LogP contribution in [0.4, 0.5) is 0 Å². The van der Waals surface area contributed by atoms with Gasteiger partial charge in [0.1, 0.15) is 12.4 Å². The van der Waals surface area contributed by atoms with Crippen molar-refractivity contribution >= 4 is 16.7 Å². The Morgan fingerprint density at radius 3 is 2.55 bits per heavy atom. The highest BCUT2D eigenvalue weighted by Crippen LogP contribution is 2.30. The van der Waals surface area contributed by atoms with Crippen LogP contribution in [0, 0.1) is 12.3 Å². The predicted molar refractivity (Wildman–Crippen MR) is 90.9 cm³/mol. The van der Waals surface area contributed by atoms with Gasteiger partial charge in [0.2, 0.25) is 0 Å². The van der Waals surface area contributed by atoms with Gasteiger partial charge in [0.25, 0.3) is 0 Å². The predicted octanol–water partition coefficient (Wildman–Crippen LogP) is 3.65. The molecule has 1 aromatic heterocycles. The van der Waals surface area contributed by atoms with Crippen LogP contribution in [0.3, 0.4) is 0 Å². The molecule has 0 unspecified atom stereocenters. The van der Waals surface area contributed by atoms with Gasteiger partial charge in [-0.3, -0.25) is 4.79 Å². The van der Waals surface area contributed by atoms with Crippen LogP contribution in [0.2, 0.25) is 0 Å². The summed E-state index contributed by atoms with van der Waals surface area (Å²) in [6, 6.07) is 5.93. The van der Waals surface area contributed by atoms with E-state index in [4.69, 9.17) is 4.74 Å². The number of aromatic nitrogens is 1. The molecule has 0 spiro atoms. The highest BCUT2D eigenvalue weighted by Gasteiger charge is 2.26. The van der Waals surface area contributed by atoms with Crippen molar-refractivity contribution in [1.82, 2.24) is 9.88 Å². The summed E-state index contributed by atoms with van der Waals surface area (Å²) in [5.74, 6) is 0.975. The summed E-state index contributed by atoms with van der Waals surface area (Å²) < 4.78 is 5.78. The van der Waals surface area contributed by atoms with E-state index >= 15 is 0 Å². The van der Waals surface area contributed by atoms with Gasteiger partial charge >= 0.3 is 0 Å². The molecule has 1 N–H and O–H groups in total. The number of likely N-dealkylation sites (N-methyl/N-ethyl adjacent to an activating group) is 1. The van der Waals surface area contributed by atoms with Crippen molar-refractivity contribution in [2.24, 2.45) is 5.41 Å². The minimum Gasteiger partial charge on any atom is -0.492 e. The van der Waals surface area contributed by atoms with Gasteiger partial charge in [0.15, 0.2) is 5.78 Å². The fourth-order valence-corrected chi connectivity index (χ4v) is 2.34. The Bertz CT molecular complexity index is 678. The van der Waals surface area contributed by atoms with E-state index in [9.17, 15) is 4.79 Å². The van der Waals surface area contributed by atoms with E-state index in [1.165, 1.54) is 0 Å². The molecule has 0 saturated carbocycles. The van der Waals surface area contributed by atoms with E-state index in [-0.39, 0.29) is 5.78 Å². The van der Waals surface area contributed by atoms with Crippen LogP contribution in [0.15, 0.2) is 18.2 Å². The van der Waals surface area contributed by atoms with Crippen molar-refractivity contribution in [3.05, 3.63) is 29.5 Å². The van der Waals surface area contributed by atoms with E-state index in [2.05, 4.69) is 9.88 Å². The number of ketones is 1. The minimum absolute atomic E-state index is 0.135. The lowest BCUT2D eigenvalue weighted by atomic mass is 9.88. The molecule has 0 radical (unpaired) electrons. The molecule has 0 amide bonds. The lowest BCUT2D eigenvalue weighted by molar-refractivity contribution is 0.0853. The minimum atomic E-state index is -0.392. The molecule has 0 saturated heterocycles. The molecule has 0 aliphatic rings. The van der Waals surface area contributed by atoms with Gasteiger partial charge in [0.05, 0.1) is 5.69 Å². The number of benzene rings is 1. The van der Waals surface area contributed by atoms with Gasteiger partial charge in [-0.25, -0.2) is 0 Å². The molecule has 0 aliphatic carbocycles. The molecule has 0 bridgehead atoms. The number of rotatable bonds is 5. The molecule has 2 rings (SSSR count). The number of nitrogens with zero attached hydrogens (tertiary/aromatic N) is 1. The summed E-state index contributed by atoms with van der Waals surface area (Å²) in [7, 11) is 4.04. The standard InChI is InChI=1S/C18H26N2O2/c1-12-14-11-13(22-10-9-20(5)6)7-8-15(14)19-16(12)17(21)18(2,3)4/h7-8,11,19H,9-10H2,1-6H3. The van der Waals surface area contributed by atoms with Gasteiger partial charge in [-0.05, 0) is 44.8 Å². The number of aromatic amines is 1. The van der Waals surface area contributed by atoms with Crippen LogP contribution >= 0.6 is 0 Å². The topological polar surface area (TPSA) is 45.3 Å². The van der Waals surface area contributed by atoms with Gasteiger partial charge in [-0.1, -0.05) is 20.8 Å². The van der Waals surface area contributed by atoms with E-state index in [1.54, 1.807) is 0 Å². The highest BCUT2D eigenvalue weighted by atomic mass is 16.5. The van der Waals surface area contributed by atoms with Crippen LogP contribution < -0.4 is 4.74 Å². The first-order valence-corrected chi connectivity index (χ1v) is 7.65. The molecule has 4 nitrogen and oxygen atoms in total. The van der Waals surface area contributed by atoms with Crippen molar-refractivity contribution in [1.29, 1.82) is 0 Å². The number of ether oxygens (including phenoxy) is 1. The summed E-state index contributed by atoms with van der Waals surface area (Å²) in [6.07, 6.45) is 0. The quantitative estimate of drug-likeness (QED) is 0.858. The fraction of sp³-hybridized carbons (Fsp3) is 0.500. The fourth-order valence-electron chi connectivity index (χ4n) is 2.34. The average molecular weight is 302 g/mol. The first kappa shape index (κ1) is 16.6. The summed E-state index contributed by atoms with van der Waals surface area (Å²) in [6.45, 7) is 9.33. The molecule has 4 heteroatoms. The molecular formula is C18H26N2O2. The zero-order valence-electron chi connectivity index (χ0n) is 14.4. The number of fused-ring (bicyclic) bond motifs is 1. The summed E-state index contributed by atoms with van der Waals surface area (Å²) in [5.41, 5.74) is 2.28. The van der Waals surface area contributed by atoms with Crippen molar-refractivity contribution in [2.45, 2.75) is 27.7 Å². The van der Waals surface area contributed by atoms with Crippen molar-refractivity contribution in [3.63, 3.8) is 0 Å². The monoisotopic (exact) mass is 302 g/mol. The first-order valence-electron chi connectivity index (χ1n) is 7.65. The third-order valence-electron chi connectivity index (χ3n) is 3.75. The third-order valence-corrected chi connectivity index (χ3v) is 3.75. The molecular weight excluding hydrogens is 276 g/mol. The lowest BCUT2D eigenvalue weighted by Gasteiger charge is -2.15. The van der Waals surface area contributed by atoms with Crippen molar-refractivity contribution in [2.75, 3.05) is 27.2 Å². The van der Waals surface area contributed by atoms with E-state index in [1.807, 2.05) is 60.0 Å². The van der Waals surface area contributed by atoms with Crippen LogP contribution in [0.25, 0.3) is 10.9 Å². The smallest absolute Gasteiger partial charge is 0.184 e. The second-order valence-corrected chi connectivity index (χ2v) is 7.06. The van der Waals surface area contributed by atoms with Crippen LogP contribution in [-0.4, -0.2) is 42.9 Å². The second kappa shape index (κ2) is 6.13. The largest absolute Gasteiger partial charge is 0.492 e. The maximum atomic E-state index is 12.5. The molecule has 0 atom stereocenters. The highest BCUT2D eigenvalue weighted by molar-refractivity contribution is 6.04. The average Bonchev–Trinajstić information content (AvgIpc) is 2.74. The first-order chi connectivity index (χ1) is 10.2. The SMILES string of the molecule is Cc1c(C(=O)C(C)(C)C)[nH]c2ccc(OCCN(C)C)cc12. The Balaban J connectivity index is 2.30. The van der Waals surface area contributed by atoms with Crippen LogP contribution in [0.1, 0.15) is 36.8 Å². The zero-order chi connectivity index (χ0) is 16.5. The lowest BCUT2D eigenvalue weighted by Crippen LogP contribution is -2.21. The maximum Gasteiger partial charge on any atom is 0.184 e. The van der Waals surface area contributed by atoms with Crippen molar-refractivity contribution < 1.29 is 9.53 Å². The molecule has 2 aromatic rings. The van der Waals surface area contributed by atoms with E-state index < -0.39 is 5.41 Å². The molecule has 1 heterocycles. The van der Waals surface area contributed by atoms with Crippen LogP contribution in [0.5, 0.6) is 5.75 Å². The van der Waals surface area contributed by atoms with E-state index in [0.717, 1.165) is 28.8 Å². The molecule has 22 heavy (non-hydrogen) atoms. The van der Waals surface area contributed by atoms with E-state index in [0.29, 0.717) is 12.3 Å². The molecule has 1 aromatic carbocycles. The Kier molecular flexibility index (Phi) is 4.61. The van der Waals surface area contributed by atoms with Crippen LogP contribution in [-0.2, 0) is 0 Å². The number of carbonyl (C=O) groups is 1. The Morgan fingerprint density at radius 2 is 1.95 bits per heavy atom. The van der Waals surface area contributed by atoms with Gasteiger partial charge in [-0.15, -0.1) is 0 Å². The third kappa shape index (κ3) is 3.50. The molecule has 120 valence electrons. The Hall–Kier alpha value is -1.81. The number of H-pyrrole nitrogens is 1. The molecule has 0 aliphatic heterocycles. The Morgan fingerprint density at radius 1 is 1.27 bits per heavy atom. The molecule has 0 fully saturated rings. The number of carbonyl (C=O) groups excluding carboxylic acids is 1. The maximum absolute atomic E-state index is 12.5. The van der Waals surface area contributed by atoms with Gasteiger partial charge in [0, 0.05) is 22.9 Å².